The maximum atomic E-state index is 10.8. The van der Waals surface area contributed by atoms with Crippen LogP contribution in [0, 0.1) is 11.8 Å². The highest BCUT2D eigenvalue weighted by atomic mass is 16.1. The van der Waals surface area contributed by atoms with Crippen LogP contribution in [0.4, 0.5) is 0 Å². The summed E-state index contributed by atoms with van der Waals surface area (Å²) in [7, 11) is 0. The molecule has 0 bridgehead atoms. The molecule has 0 fully saturated rings. The second-order valence-corrected chi connectivity index (χ2v) is 4.71. The number of rotatable bonds is 5. The van der Waals surface area contributed by atoms with E-state index in [1.54, 1.807) is 0 Å². The largest absolute Gasteiger partial charge is 0.296 e. The summed E-state index contributed by atoms with van der Waals surface area (Å²) in [6.07, 6.45) is 1.65. The normalized spacial score (nSPS) is 11.3. The summed E-state index contributed by atoms with van der Waals surface area (Å²) in [5, 5.41) is 7.90. The lowest BCUT2D eigenvalue weighted by atomic mass is 10.1. The fraction of sp³-hybridized carbons (Fsp3) is 0.727. The molecule has 0 atom stereocenters. The van der Waals surface area contributed by atoms with Crippen molar-refractivity contribution in [3.8, 4) is 0 Å². The van der Waals surface area contributed by atoms with E-state index in [-0.39, 0.29) is 0 Å². The molecule has 15 heavy (non-hydrogen) atoms. The van der Waals surface area contributed by atoms with Crippen molar-refractivity contribution in [2.24, 2.45) is 11.8 Å². The summed E-state index contributed by atoms with van der Waals surface area (Å²) < 4.78 is 1.86. The van der Waals surface area contributed by atoms with E-state index >= 15 is 0 Å². The van der Waals surface area contributed by atoms with E-state index in [9.17, 15) is 4.79 Å². The number of carbonyl (C=O) groups is 1. The van der Waals surface area contributed by atoms with Crippen LogP contribution in [0.2, 0.25) is 0 Å². The van der Waals surface area contributed by atoms with Crippen molar-refractivity contribution in [3.63, 3.8) is 0 Å². The van der Waals surface area contributed by atoms with Crippen LogP contribution < -0.4 is 0 Å². The highest BCUT2D eigenvalue weighted by Crippen LogP contribution is 2.12. The van der Waals surface area contributed by atoms with E-state index in [1.165, 1.54) is 0 Å². The average Bonchev–Trinajstić information content (AvgIpc) is 2.47. The minimum absolute atomic E-state index is 0.490. The Bertz CT molecular complexity index is 329. The quantitative estimate of drug-likeness (QED) is 0.696. The zero-order valence-corrected chi connectivity index (χ0v) is 9.90. The first-order valence-electron chi connectivity index (χ1n) is 5.42. The van der Waals surface area contributed by atoms with Gasteiger partial charge in [-0.3, -0.25) is 4.79 Å². The van der Waals surface area contributed by atoms with Crippen LogP contribution in [-0.4, -0.2) is 21.3 Å². The Balaban J connectivity index is 2.94. The monoisotopic (exact) mass is 209 g/mol. The van der Waals surface area contributed by atoms with Crippen molar-refractivity contribution in [3.05, 3.63) is 11.4 Å². The smallest absolute Gasteiger partial charge is 0.172 e. The van der Waals surface area contributed by atoms with Crippen molar-refractivity contribution < 1.29 is 4.79 Å². The van der Waals surface area contributed by atoms with Gasteiger partial charge in [-0.05, 0) is 18.3 Å². The highest BCUT2D eigenvalue weighted by Gasteiger charge is 2.14. The molecule has 0 N–H and O–H groups in total. The SMILES string of the molecule is CC(C)Cc1c(C=O)nnn1CC(C)C. The van der Waals surface area contributed by atoms with Crippen LogP contribution in [0.3, 0.4) is 0 Å². The summed E-state index contributed by atoms with van der Waals surface area (Å²) in [5.41, 5.74) is 1.46. The number of nitrogens with zero attached hydrogens (tertiary/aromatic N) is 3. The number of carbonyl (C=O) groups excluding carboxylic acids is 1. The first kappa shape index (κ1) is 11.9. The summed E-state index contributed by atoms with van der Waals surface area (Å²) in [6.45, 7) is 9.33. The first-order valence-corrected chi connectivity index (χ1v) is 5.42. The third kappa shape index (κ3) is 3.15. The van der Waals surface area contributed by atoms with Crippen molar-refractivity contribution in [1.82, 2.24) is 15.0 Å². The van der Waals surface area contributed by atoms with E-state index in [1.807, 2.05) is 4.68 Å². The van der Waals surface area contributed by atoms with Crippen molar-refractivity contribution in [2.75, 3.05) is 0 Å². The van der Waals surface area contributed by atoms with Crippen LogP contribution in [0.25, 0.3) is 0 Å². The molecule has 0 amide bonds. The molecule has 1 aromatic heterocycles. The van der Waals surface area contributed by atoms with E-state index in [4.69, 9.17) is 0 Å². The zero-order chi connectivity index (χ0) is 11.4. The summed E-state index contributed by atoms with van der Waals surface area (Å²) >= 11 is 0. The lowest BCUT2D eigenvalue weighted by Gasteiger charge is -2.10. The molecule has 0 aliphatic rings. The van der Waals surface area contributed by atoms with E-state index in [0.29, 0.717) is 17.5 Å². The molecule has 1 heterocycles. The molecule has 1 aromatic rings. The second-order valence-electron chi connectivity index (χ2n) is 4.71. The summed E-state index contributed by atoms with van der Waals surface area (Å²) in [4.78, 5) is 10.8. The van der Waals surface area contributed by atoms with Gasteiger partial charge in [0.2, 0.25) is 0 Å². The van der Waals surface area contributed by atoms with Gasteiger partial charge in [0.1, 0.15) is 5.69 Å². The molecule has 84 valence electrons. The van der Waals surface area contributed by atoms with E-state index in [0.717, 1.165) is 24.9 Å². The molecule has 1 rings (SSSR count). The van der Waals surface area contributed by atoms with Crippen LogP contribution in [0.1, 0.15) is 43.9 Å². The van der Waals surface area contributed by atoms with Gasteiger partial charge >= 0.3 is 0 Å². The number of aromatic nitrogens is 3. The van der Waals surface area contributed by atoms with Gasteiger partial charge in [-0.2, -0.15) is 0 Å². The summed E-state index contributed by atoms with van der Waals surface area (Å²) in [5.74, 6) is 1.02. The van der Waals surface area contributed by atoms with Crippen LogP contribution in [0.5, 0.6) is 0 Å². The second kappa shape index (κ2) is 5.05. The van der Waals surface area contributed by atoms with Crippen LogP contribution >= 0.6 is 0 Å². The van der Waals surface area contributed by atoms with Crippen molar-refractivity contribution in [1.29, 1.82) is 0 Å². The van der Waals surface area contributed by atoms with E-state index < -0.39 is 0 Å². The zero-order valence-electron chi connectivity index (χ0n) is 9.90. The fourth-order valence-electron chi connectivity index (χ4n) is 1.53. The molecule has 0 aliphatic carbocycles. The van der Waals surface area contributed by atoms with Gasteiger partial charge < -0.3 is 0 Å². The highest BCUT2D eigenvalue weighted by molar-refractivity contribution is 5.73. The third-order valence-corrected chi connectivity index (χ3v) is 2.12. The van der Waals surface area contributed by atoms with E-state index in [2.05, 4.69) is 38.0 Å². The molecule has 0 spiro atoms. The maximum Gasteiger partial charge on any atom is 0.172 e. The lowest BCUT2D eigenvalue weighted by Crippen LogP contribution is -2.12. The molecule has 0 saturated heterocycles. The Morgan fingerprint density at radius 1 is 1.27 bits per heavy atom. The third-order valence-electron chi connectivity index (χ3n) is 2.12. The van der Waals surface area contributed by atoms with Gasteiger partial charge in [0.05, 0.1) is 5.69 Å². The Labute approximate surface area is 90.7 Å². The van der Waals surface area contributed by atoms with Gasteiger partial charge in [-0.25, -0.2) is 4.68 Å². The first-order chi connectivity index (χ1) is 7.04. The molecule has 4 heteroatoms. The topological polar surface area (TPSA) is 47.8 Å². The number of hydrogen-bond donors (Lipinski definition) is 0. The number of hydrogen-bond acceptors (Lipinski definition) is 3. The molecule has 0 unspecified atom stereocenters. The van der Waals surface area contributed by atoms with Crippen LogP contribution in [-0.2, 0) is 13.0 Å². The Kier molecular flexibility index (Phi) is 4.00. The molecule has 0 saturated carbocycles. The lowest BCUT2D eigenvalue weighted by molar-refractivity contribution is 0.111. The molecule has 0 aromatic carbocycles. The average molecular weight is 209 g/mol. The van der Waals surface area contributed by atoms with Gasteiger partial charge in [0, 0.05) is 6.54 Å². The standard InChI is InChI=1S/C11H19N3O/c1-8(2)5-11-10(7-15)12-13-14(11)6-9(3)4/h7-9H,5-6H2,1-4H3. The molecule has 0 aliphatic heterocycles. The van der Waals surface area contributed by atoms with Crippen LogP contribution in [0.15, 0.2) is 0 Å². The minimum atomic E-state index is 0.490. The van der Waals surface area contributed by atoms with Gasteiger partial charge in [0.25, 0.3) is 0 Å². The summed E-state index contributed by atoms with van der Waals surface area (Å²) in [6, 6.07) is 0. The predicted octanol–water partition coefficient (Wildman–Crippen LogP) is 1.95. The van der Waals surface area contributed by atoms with Crippen molar-refractivity contribution in [2.45, 2.75) is 40.7 Å². The molecular weight excluding hydrogens is 190 g/mol. The Morgan fingerprint density at radius 3 is 2.40 bits per heavy atom. The fourth-order valence-corrected chi connectivity index (χ4v) is 1.53. The van der Waals surface area contributed by atoms with Gasteiger partial charge in [0.15, 0.2) is 6.29 Å². The minimum Gasteiger partial charge on any atom is -0.296 e. The number of aldehydes is 1. The molecule has 0 radical (unpaired) electrons. The maximum absolute atomic E-state index is 10.8. The Morgan fingerprint density at radius 2 is 1.93 bits per heavy atom. The predicted molar refractivity (Wildman–Crippen MR) is 58.8 cm³/mol. The molecule has 4 nitrogen and oxygen atoms in total. The molecular formula is C11H19N3O. The van der Waals surface area contributed by atoms with Gasteiger partial charge in [-0.1, -0.05) is 32.9 Å². The van der Waals surface area contributed by atoms with Gasteiger partial charge in [-0.15, -0.1) is 5.10 Å². The Hall–Kier alpha value is -1.19. The van der Waals surface area contributed by atoms with Crippen molar-refractivity contribution >= 4 is 6.29 Å².